The van der Waals surface area contributed by atoms with E-state index in [-0.39, 0.29) is 5.97 Å². The van der Waals surface area contributed by atoms with E-state index in [1.807, 2.05) is 6.92 Å². The van der Waals surface area contributed by atoms with Crippen molar-refractivity contribution in [1.29, 1.82) is 0 Å². The minimum Gasteiger partial charge on any atom is -0.465 e. The van der Waals surface area contributed by atoms with Gasteiger partial charge in [-0.05, 0) is 58.9 Å². The van der Waals surface area contributed by atoms with Crippen LogP contribution in [0.2, 0.25) is 0 Å². The van der Waals surface area contributed by atoms with Gasteiger partial charge < -0.3 is 10.5 Å². The van der Waals surface area contributed by atoms with Crippen LogP contribution in [0.1, 0.15) is 60.3 Å². The lowest BCUT2D eigenvalue weighted by Crippen LogP contribution is -2.51. The molecule has 0 amide bonds. The lowest BCUT2D eigenvalue weighted by atomic mass is 9.93. The maximum atomic E-state index is 11.9. The molecule has 0 radical (unpaired) electrons. The monoisotopic (exact) mass is 284 g/mol. The number of carbonyl (C=O) groups is 1. The van der Waals surface area contributed by atoms with E-state index in [2.05, 4.69) is 25.7 Å². The van der Waals surface area contributed by atoms with E-state index in [4.69, 9.17) is 10.5 Å². The summed E-state index contributed by atoms with van der Waals surface area (Å²) >= 11 is 0. The Bertz CT molecular complexity index is 312. The van der Waals surface area contributed by atoms with Crippen LogP contribution in [0.25, 0.3) is 0 Å². The first-order valence-electron chi connectivity index (χ1n) is 7.99. The van der Waals surface area contributed by atoms with Crippen LogP contribution in [0.15, 0.2) is 0 Å². The first-order chi connectivity index (χ1) is 9.27. The molecule has 0 heterocycles. The number of rotatable bonds is 9. The Morgan fingerprint density at radius 2 is 2.00 bits per heavy atom. The Hall–Kier alpha value is -0.610. The zero-order valence-corrected chi connectivity index (χ0v) is 13.8. The Morgan fingerprint density at radius 1 is 1.40 bits per heavy atom. The van der Waals surface area contributed by atoms with Crippen LogP contribution in [0.4, 0.5) is 0 Å². The molecule has 1 aliphatic rings. The minimum absolute atomic E-state index is 0.286. The molecule has 0 aromatic carbocycles. The second-order valence-electron chi connectivity index (χ2n) is 6.84. The first-order valence-corrected chi connectivity index (χ1v) is 7.99. The van der Waals surface area contributed by atoms with Crippen LogP contribution >= 0.6 is 0 Å². The molecule has 2 unspecified atom stereocenters. The van der Waals surface area contributed by atoms with Gasteiger partial charge in [-0.1, -0.05) is 13.8 Å². The second kappa shape index (κ2) is 7.41. The summed E-state index contributed by atoms with van der Waals surface area (Å²) in [7, 11) is 0. The predicted octanol–water partition coefficient (Wildman–Crippen LogP) is 2.56. The predicted molar refractivity (Wildman–Crippen MR) is 82.5 cm³/mol. The third-order valence-electron chi connectivity index (χ3n) is 4.01. The van der Waals surface area contributed by atoms with Gasteiger partial charge in [0.2, 0.25) is 0 Å². The van der Waals surface area contributed by atoms with E-state index in [0.29, 0.717) is 31.0 Å². The van der Waals surface area contributed by atoms with Crippen molar-refractivity contribution in [3.63, 3.8) is 0 Å². The van der Waals surface area contributed by atoms with Crippen LogP contribution in [0.5, 0.6) is 0 Å². The average molecular weight is 284 g/mol. The second-order valence-corrected chi connectivity index (χ2v) is 6.84. The van der Waals surface area contributed by atoms with Gasteiger partial charge in [0.15, 0.2) is 0 Å². The molecule has 4 heteroatoms. The standard InChI is InChI=1S/C16H32N2O2/c1-6-20-15(19)16(5,17)11-13(4)18(14-7-8-14)10-9-12(2)3/h12-14H,6-11,17H2,1-5H3. The molecule has 1 fully saturated rings. The molecule has 0 aromatic heterocycles. The van der Waals surface area contributed by atoms with Gasteiger partial charge in [0.25, 0.3) is 0 Å². The molecule has 0 spiro atoms. The molecule has 4 nitrogen and oxygen atoms in total. The smallest absolute Gasteiger partial charge is 0.325 e. The van der Waals surface area contributed by atoms with Gasteiger partial charge in [-0.15, -0.1) is 0 Å². The number of esters is 1. The Morgan fingerprint density at radius 3 is 2.45 bits per heavy atom. The number of nitrogens with two attached hydrogens (primary N) is 1. The van der Waals surface area contributed by atoms with Crippen molar-refractivity contribution < 1.29 is 9.53 Å². The molecule has 2 N–H and O–H groups in total. The summed E-state index contributed by atoms with van der Waals surface area (Å²) in [5, 5.41) is 0. The highest BCUT2D eigenvalue weighted by molar-refractivity contribution is 5.80. The van der Waals surface area contributed by atoms with Crippen molar-refractivity contribution in [3.05, 3.63) is 0 Å². The molecule has 0 saturated heterocycles. The summed E-state index contributed by atoms with van der Waals surface area (Å²) in [5.74, 6) is 0.421. The molecule has 20 heavy (non-hydrogen) atoms. The largest absolute Gasteiger partial charge is 0.465 e. The van der Waals surface area contributed by atoms with E-state index < -0.39 is 5.54 Å². The van der Waals surface area contributed by atoms with Gasteiger partial charge in [-0.2, -0.15) is 0 Å². The Labute approximate surface area is 124 Å². The Kier molecular flexibility index (Phi) is 6.46. The SMILES string of the molecule is CCOC(=O)C(C)(N)CC(C)N(CCC(C)C)C1CC1. The van der Waals surface area contributed by atoms with Gasteiger partial charge in [0, 0.05) is 12.1 Å². The molecule has 0 aromatic rings. The van der Waals surface area contributed by atoms with Crippen molar-refractivity contribution in [1.82, 2.24) is 4.90 Å². The van der Waals surface area contributed by atoms with E-state index in [1.54, 1.807) is 6.92 Å². The van der Waals surface area contributed by atoms with Crippen LogP contribution in [0, 0.1) is 5.92 Å². The van der Waals surface area contributed by atoms with Crippen molar-refractivity contribution >= 4 is 5.97 Å². The zero-order chi connectivity index (χ0) is 15.3. The van der Waals surface area contributed by atoms with Gasteiger partial charge in [0.05, 0.1) is 6.61 Å². The number of ether oxygens (including phenoxy) is 1. The maximum absolute atomic E-state index is 11.9. The number of carbonyl (C=O) groups excluding carboxylic acids is 1. The molecule has 1 aliphatic carbocycles. The van der Waals surface area contributed by atoms with Gasteiger partial charge in [-0.25, -0.2) is 0 Å². The fourth-order valence-corrected chi connectivity index (χ4v) is 2.69. The summed E-state index contributed by atoms with van der Waals surface area (Å²) in [4.78, 5) is 14.4. The number of hydrogen-bond acceptors (Lipinski definition) is 4. The molecule has 0 bridgehead atoms. The lowest BCUT2D eigenvalue weighted by Gasteiger charge is -2.34. The highest BCUT2D eigenvalue weighted by Gasteiger charge is 2.37. The van der Waals surface area contributed by atoms with E-state index >= 15 is 0 Å². The fraction of sp³-hybridized carbons (Fsp3) is 0.938. The van der Waals surface area contributed by atoms with Crippen molar-refractivity contribution in [2.75, 3.05) is 13.2 Å². The molecule has 2 atom stereocenters. The average Bonchev–Trinajstić information content (AvgIpc) is 3.12. The van der Waals surface area contributed by atoms with Crippen molar-refractivity contribution in [2.45, 2.75) is 77.9 Å². The highest BCUT2D eigenvalue weighted by Crippen LogP contribution is 2.31. The summed E-state index contributed by atoms with van der Waals surface area (Å²) in [6, 6.07) is 1.02. The fourth-order valence-electron chi connectivity index (χ4n) is 2.69. The maximum Gasteiger partial charge on any atom is 0.325 e. The summed E-state index contributed by atoms with van der Waals surface area (Å²) < 4.78 is 5.08. The normalized spacial score (nSPS) is 20.0. The molecule has 1 rings (SSSR count). The topological polar surface area (TPSA) is 55.6 Å². The van der Waals surface area contributed by atoms with Gasteiger partial charge >= 0.3 is 5.97 Å². The Balaban J connectivity index is 2.56. The zero-order valence-electron chi connectivity index (χ0n) is 13.8. The molecule has 118 valence electrons. The summed E-state index contributed by atoms with van der Waals surface area (Å²) in [6.07, 6.45) is 4.41. The number of nitrogens with zero attached hydrogens (tertiary/aromatic N) is 1. The van der Waals surface area contributed by atoms with E-state index in [9.17, 15) is 4.79 Å². The molecule has 1 saturated carbocycles. The molecule has 0 aliphatic heterocycles. The highest BCUT2D eigenvalue weighted by atomic mass is 16.5. The van der Waals surface area contributed by atoms with Crippen molar-refractivity contribution in [2.24, 2.45) is 11.7 Å². The molecular weight excluding hydrogens is 252 g/mol. The minimum atomic E-state index is -0.888. The summed E-state index contributed by atoms with van der Waals surface area (Å²) in [6.45, 7) is 11.8. The van der Waals surface area contributed by atoms with Gasteiger partial charge in [-0.3, -0.25) is 9.69 Å². The quantitative estimate of drug-likeness (QED) is 0.661. The van der Waals surface area contributed by atoms with Crippen LogP contribution < -0.4 is 5.73 Å². The first kappa shape index (κ1) is 17.4. The summed E-state index contributed by atoms with van der Waals surface area (Å²) in [5.41, 5.74) is 5.27. The lowest BCUT2D eigenvalue weighted by molar-refractivity contribution is -0.149. The number of hydrogen-bond donors (Lipinski definition) is 1. The molecular formula is C16H32N2O2. The van der Waals surface area contributed by atoms with E-state index in [1.165, 1.54) is 19.3 Å². The van der Waals surface area contributed by atoms with Crippen molar-refractivity contribution in [3.8, 4) is 0 Å². The third-order valence-corrected chi connectivity index (χ3v) is 4.01. The van der Waals surface area contributed by atoms with Crippen LogP contribution in [-0.2, 0) is 9.53 Å². The van der Waals surface area contributed by atoms with Crippen LogP contribution in [-0.4, -0.2) is 41.6 Å². The van der Waals surface area contributed by atoms with Crippen LogP contribution in [0.3, 0.4) is 0 Å². The van der Waals surface area contributed by atoms with E-state index in [0.717, 1.165) is 6.54 Å². The van der Waals surface area contributed by atoms with Gasteiger partial charge in [0.1, 0.15) is 5.54 Å². The third kappa shape index (κ3) is 5.41.